The minimum atomic E-state index is 0.0382. The van der Waals surface area contributed by atoms with Gasteiger partial charge in [-0.2, -0.15) is 5.10 Å². The van der Waals surface area contributed by atoms with Gasteiger partial charge < -0.3 is 10.1 Å². The third-order valence-electron chi connectivity index (χ3n) is 4.07. The van der Waals surface area contributed by atoms with Crippen molar-refractivity contribution in [1.82, 2.24) is 20.1 Å². The second kappa shape index (κ2) is 6.81. The number of aryl methyl sites for hydroxylation is 3. The topological polar surface area (TPSA) is 69.0 Å². The number of carbonyl (C=O) groups excluding carboxylic acids is 1. The monoisotopic (exact) mass is 314 g/mol. The van der Waals surface area contributed by atoms with E-state index in [4.69, 9.17) is 4.74 Å². The molecule has 3 rings (SSSR count). The molecule has 122 valence electrons. The highest BCUT2D eigenvalue weighted by atomic mass is 16.5. The average Bonchev–Trinajstić information content (AvgIpc) is 3.01. The van der Waals surface area contributed by atoms with E-state index in [9.17, 15) is 4.79 Å². The van der Waals surface area contributed by atoms with E-state index < -0.39 is 0 Å². The summed E-state index contributed by atoms with van der Waals surface area (Å²) >= 11 is 0. The lowest BCUT2D eigenvalue weighted by Crippen LogP contribution is -2.32. The fourth-order valence-electron chi connectivity index (χ4n) is 3.04. The van der Waals surface area contributed by atoms with E-state index in [1.54, 1.807) is 11.0 Å². The highest BCUT2D eigenvalue weighted by molar-refractivity contribution is 5.76. The highest BCUT2D eigenvalue weighted by Crippen LogP contribution is 2.35. The Morgan fingerprint density at radius 2 is 2.30 bits per heavy atom. The molecule has 6 heteroatoms. The van der Waals surface area contributed by atoms with Gasteiger partial charge >= 0.3 is 0 Å². The van der Waals surface area contributed by atoms with Crippen molar-refractivity contribution in [2.45, 2.75) is 45.7 Å². The molecule has 0 bridgehead atoms. The SMILES string of the molecule is Cc1cc(C)c2c(c1)[C@H](NC(=O)CCCn1cncn1)CCO2. The third kappa shape index (κ3) is 3.70. The van der Waals surface area contributed by atoms with Crippen LogP contribution in [0.3, 0.4) is 0 Å². The minimum absolute atomic E-state index is 0.0382. The first-order valence-electron chi connectivity index (χ1n) is 7.99. The zero-order chi connectivity index (χ0) is 16.2. The van der Waals surface area contributed by atoms with Gasteiger partial charge in [0, 0.05) is 24.9 Å². The summed E-state index contributed by atoms with van der Waals surface area (Å²) in [6, 6.07) is 4.26. The summed E-state index contributed by atoms with van der Waals surface area (Å²) in [5.74, 6) is 0.997. The molecule has 2 heterocycles. The maximum absolute atomic E-state index is 12.2. The van der Waals surface area contributed by atoms with E-state index >= 15 is 0 Å². The number of fused-ring (bicyclic) bond motifs is 1. The van der Waals surface area contributed by atoms with Crippen LogP contribution in [0.4, 0.5) is 0 Å². The standard InChI is InChI=1S/C17H22N4O2/c1-12-8-13(2)17-14(9-12)15(5-7-23-17)20-16(22)4-3-6-21-11-18-10-19-21/h8-11,15H,3-7H2,1-2H3,(H,20,22)/t15-/m1/s1. The Balaban J connectivity index is 1.59. The summed E-state index contributed by atoms with van der Waals surface area (Å²) in [5, 5.41) is 7.18. The van der Waals surface area contributed by atoms with Crippen LogP contribution in [0.2, 0.25) is 0 Å². The molecule has 1 aliphatic rings. The van der Waals surface area contributed by atoms with Crippen molar-refractivity contribution >= 4 is 5.91 Å². The van der Waals surface area contributed by atoms with Crippen LogP contribution in [0.15, 0.2) is 24.8 Å². The molecule has 1 amide bonds. The van der Waals surface area contributed by atoms with Crippen LogP contribution in [0.5, 0.6) is 5.75 Å². The van der Waals surface area contributed by atoms with Gasteiger partial charge in [0.2, 0.25) is 5.91 Å². The molecule has 2 aromatic rings. The molecule has 0 saturated heterocycles. The largest absolute Gasteiger partial charge is 0.493 e. The van der Waals surface area contributed by atoms with Crippen LogP contribution >= 0.6 is 0 Å². The van der Waals surface area contributed by atoms with Crippen LogP contribution in [0.25, 0.3) is 0 Å². The fraction of sp³-hybridized carbons (Fsp3) is 0.471. The predicted octanol–water partition coefficient (Wildman–Crippen LogP) is 2.32. The lowest BCUT2D eigenvalue weighted by atomic mass is 9.95. The average molecular weight is 314 g/mol. The molecular formula is C17H22N4O2. The minimum Gasteiger partial charge on any atom is -0.493 e. The van der Waals surface area contributed by atoms with Crippen LogP contribution in [0, 0.1) is 13.8 Å². The maximum Gasteiger partial charge on any atom is 0.220 e. The molecule has 23 heavy (non-hydrogen) atoms. The number of nitrogens with one attached hydrogen (secondary N) is 1. The van der Waals surface area contributed by atoms with Gasteiger partial charge in [-0.25, -0.2) is 4.98 Å². The summed E-state index contributed by atoms with van der Waals surface area (Å²) in [7, 11) is 0. The first-order valence-corrected chi connectivity index (χ1v) is 7.99. The van der Waals surface area contributed by atoms with Crippen molar-refractivity contribution in [2.24, 2.45) is 0 Å². The number of hydrogen-bond acceptors (Lipinski definition) is 4. The summed E-state index contributed by atoms with van der Waals surface area (Å²) in [6.45, 7) is 5.46. The number of aromatic nitrogens is 3. The summed E-state index contributed by atoms with van der Waals surface area (Å²) in [4.78, 5) is 16.1. The molecular weight excluding hydrogens is 292 g/mol. The van der Waals surface area contributed by atoms with Crippen molar-refractivity contribution in [1.29, 1.82) is 0 Å². The Bertz CT molecular complexity index is 682. The zero-order valence-corrected chi connectivity index (χ0v) is 13.6. The number of nitrogens with zero attached hydrogens (tertiary/aromatic N) is 3. The molecule has 0 spiro atoms. The Kier molecular flexibility index (Phi) is 4.60. The van der Waals surface area contributed by atoms with Gasteiger partial charge in [0.05, 0.1) is 12.6 Å². The van der Waals surface area contributed by atoms with Gasteiger partial charge in [0.25, 0.3) is 0 Å². The summed E-state index contributed by atoms with van der Waals surface area (Å²) < 4.78 is 7.52. The molecule has 0 unspecified atom stereocenters. The molecule has 1 aromatic heterocycles. The molecule has 1 atom stereocenters. The number of ether oxygens (including phenoxy) is 1. The van der Waals surface area contributed by atoms with E-state index in [1.165, 1.54) is 11.9 Å². The van der Waals surface area contributed by atoms with Gasteiger partial charge in [0.15, 0.2) is 0 Å². The molecule has 1 aromatic carbocycles. The molecule has 0 fully saturated rings. The van der Waals surface area contributed by atoms with Gasteiger partial charge in [-0.05, 0) is 25.8 Å². The highest BCUT2D eigenvalue weighted by Gasteiger charge is 2.24. The number of hydrogen-bond donors (Lipinski definition) is 1. The molecule has 1 aliphatic heterocycles. The van der Waals surface area contributed by atoms with Crippen molar-refractivity contribution in [3.05, 3.63) is 41.5 Å². The molecule has 0 radical (unpaired) electrons. The second-order valence-electron chi connectivity index (χ2n) is 6.02. The molecule has 0 aliphatic carbocycles. The first-order chi connectivity index (χ1) is 11.1. The lowest BCUT2D eigenvalue weighted by Gasteiger charge is -2.28. The van der Waals surface area contributed by atoms with Crippen LogP contribution in [0.1, 0.15) is 42.0 Å². The van der Waals surface area contributed by atoms with E-state index in [1.807, 2.05) is 6.92 Å². The van der Waals surface area contributed by atoms with Crippen LogP contribution < -0.4 is 10.1 Å². The maximum atomic E-state index is 12.2. The quantitative estimate of drug-likeness (QED) is 0.919. The van der Waals surface area contributed by atoms with Gasteiger partial charge in [-0.1, -0.05) is 17.7 Å². The van der Waals surface area contributed by atoms with Gasteiger partial charge in [-0.3, -0.25) is 9.48 Å². The van der Waals surface area contributed by atoms with Gasteiger partial charge in [0.1, 0.15) is 18.4 Å². The predicted molar refractivity (Wildman–Crippen MR) is 86.2 cm³/mol. The normalized spacial score (nSPS) is 16.5. The molecule has 1 N–H and O–H groups in total. The number of rotatable bonds is 5. The molecule has 6 nitrogen and oxygen atoms in total. The Hall–Kier alpha value is -2.37. The van der Waals surface area contributed by atoms with E-state index in [2.05, 4.69) is 34.5 Å². The summed E-state index contributed by atoms with van der Waals surface area (Å²) in [6.07, 6.45) is 5.21. The Labute approximate surface area is 135 Å². The zero-order valence-electron chi connectivity index (χ0n) is 13.6. The Morgan fingerprint density at radius 3 is 3.09 bits per heavy atom. The van der Waals surface area contributed by atoms with Gasteiger partial charge in [-0.15, -0.1) is 0 Å². The first kappa shape index (κ1) is 15.5. The van der Waals surface area contributed by atoms with Crippen molar-refractivity contribution < 1.29 is 9.53 Å². The smallest absolute Gasteiger partial charge is 0.220 e. The van der Waals surface area contributed by atoms with Crippen molar-refractivity contribution in [3.63, 3.8) is 0 Å². The lowest BCUT2D eigenvalue weighted by molar-refractivity contribution is -0.122. The summed E-state index contributed by atoms with van der Waals surface area (Å²) in [5.41, 5.74) is 3.42. The van der Waals surface area contributed by atoms with E-state index in [-0.39, 0.29) is 11.9 Å². The second-order valence-corrected chi connectivity index (χ2v) is 6.02. The number of carbonyl (C=O) groups is 1. The van der Waals surface area contributed by atoms with E-state index in [0.29, 0.717) is 19.6 Å². The number of amides is 1. The Morgan fingerprint density at radius 1 is 1.43 bits per heavy atom. The molecule has 0 saturated carbocycles. The van der Waals surface area contributed by atoms with Crippen LogP contribution in [-0.2, 0) is 11.3 Å². The fourth-order valence-corrected chi connectivity index (χ4v) is 3.04. The van der Waals surface area contributed by atoms with Crippen LogP contribution in [-0.4, -0.2) is 27.3 Å². The third-order valence-corrected chi connectivity index (χ3v) is 4.07. The van der Waals surface area contributed by atoms with E-state index in [0.717, 1.165) is 29.7 Å². The van der Waals surface area contributed by atoms with Crippen molar-refractivity contribution in [2.75, 3.05) is 6.61 Å². The van der Waals surface area contributed by atoms with Crippen molar-refractivity contribution in [3.8, 4) is 5.75 Å². The number of benzene rings is 1.